The van der Waals surface area contributed by atoms with E-state index in [0.717, 1.165) is 23.4 Å². The van der Waals surface area contributed by atoms with Crippen LogP contribution in [0.4, 0.5) is 11.6 Å². The second-order valence-corrected chi connectivity index (χ2v) is 5.45. The van der Waals surface area contributed by atoms with Gasteiger partial charge in [-0.3, -0.25) is 9.78 Å². The summed E-state index contributed by atoms with van der Waals surface area (Å²) in [5.41, 5.74) is 6.23. The van der Waals surface area contributed by atoms with Crippen molar-refractivity contribution in [3.8, 4) is 0 Å². The fourth-order valence-electron chi connectivity index (χ4n) is 2.39. The SMILES string of the molecule is CCN(CCO)c1ccc(/C=N\Nc2nc(C)cc(=O)[nH]2)c(C)c1. The van der Waals surface area contributed by atoms with Crippen molar-refractivity contribution in [2.75, 3.05) is 30.0 Å². The molecule has 0 unspecified atom stereocenters. The summed E-state index contributed by atoms with van der Waals surface area (Å²) in [6.45, 7) is 7.38. The van der Waals surface area contributed by atoms with Gasteiger partial charge in [0.05, 0.1) is 12.8 Å². The van der Waals surface area contributed by atoms with Crippen molar-refractivity contribution in [2.45, 2.75) is 20.8 Å². The Kier molecular flexibility index (Phi) is 6.08. The number of benzene rings is 1. The highest BCUT2D eigenvalue weighted by Crippen LogP contribution is 2.18. The molecule has 0 bridgehead atoms. The Balaban J connectivity index is 2.10. The Bertz CT molecular complexity index is 770. The Morgan fingerprint density at radius 3 is 2.79 bits per heavy atom. The summed E-state index contributed by atoms with van der Waals surface area (Å²) in [6.07, 6.45) is 1.68. The van der Waals surface area contributed by atoms with Crippen molar-refractivity contribution >= 4 is 17.9 Å². The van der Waals surface area contributed by atoms with Crippen LogP contribution in [0, 0.1) is 13.8 Å². The Labute approximate surface area is 141 Å². The summed E-state index contributed by atoms with van der Waals surface area (Å²) >= 11 is 0. The number of likely N-dealkylation sites (N-methyl/N-ethyl adjacent to an activating group) is 1. The number of anilines is 2. The van der Waals surface area contributed by atoms with E-state index in [0.29, 0.717) is 18.2 Å². The normalized spacial score (nSPS) is 11.0. The highest BCUT2D eigenvalue weighted by Gasteiger charge is 2.05. The number of aliphatic hydroxyl groups excluding tert-OH is 1. The summed E-state index contributed by atoms with van der Waals surface area (Å²) in [5.74, 6) is 0.311. The van der Waals surface area contributed by atoms with Gasteiger partial charge in [0.15, 0.2) is 0 Å². The molecular weight excluding hydrogens is 306 g/mol. The van der Waals surface area contributed by atoms with Gasteiger partial charge in [0, 0.05) is 30.5 Å². The number of nitrogens with one attached hydrogen (secondary N) is 2. The van der Waals surface area contributed by atoms with Gasteiger partial charge in [-0.1, -0.05) is 6.07 Å². The first kappa shape index (κ1) is 17.7. The van der Waals surface area contributed by atoms with E-state index in [-0.39, 0.29) is 12.2 Å². The molecular formula is C17H23N5O2. The van der Waals surface area contributed by atoms with Gasteiger partial charge in [0.25, 0.3) is 5.56 Å². The van der Waals surface area contributed by atoms with Crippen molar-refractivity contribution in [2.24, 2.45) is 5.10 Å². The van der Waals surface area contributed by atoms with E-state index in [2.05, 4.69) is 38.4 Å². The average molecular weight is 329 g/mol. The van der Waals surface area contributed by atoms with Crippen LogP contribution in [0.5, 0.6) is 0 Å². The van der Waals surface area contributed by atoms with E-state index < -0.39 is 0 Å². The summed E-state index contributed by atoms with van der Waals surface area (Å²) in [5, 5.41) is 13.2. The van der Waals surface area contributed by atoms with Crippen LogP contribution >= 0.6 is 0 Å². The molecule has 24 heavy (non-hydrogen) atoms. The minimum atomic E-state index is -0.218. The zero-order chi connectivity index (χ0) is 17.5. The maximum Gasteiger partial charge on any atom is 0.252 e. The lowest BCUT2D eigenvalue weighted by atomic mass is 10.1. The van der Waals surface area contributed by atoms with Gasteiger partial charge in [0.1, 0.15) is 0 Å². The third-order valence-corrected chi connectivity index (χ3v) is 3.61. The Hall–Kier alpha value is -2.67. The number of aryl methyl sites for hydroxylation is 2. The van der Waals surface area contributed by atoms with E-state index in [1.54, 1.807) is 13.1 Å². The monoisotopic (exact) mass is 329 g/mol. The van der Waals surface area contributed by atoms with Crippen molar-refractivity contribution in [1.82, 2.24) is 9.97 Å². The van der Waals surface area contributed by atoms with Gasteiger partial charge < -0.3 is 10.0 Å². The molecule has 7 nitrogen and oxygen atoms in total. The molecule has 1 heterocycles. The molecule has 0 aliphatic rings. The maximum atomic E-state index is 11.4. The molecule has 0 saturated heterocycles. The second kappa shape index (κ2) is 8.26. The van der Waals surface area contributed by atoms with Crippen LogP contribution in [0.15, 0.2) is 34.2 Å². The molecule has 2 rings (SSSR count). The van der Waals surface area contributed by atoms with Crippen LogP contribution in [0.3, 0.4) is 0 Å². The maximum absolute atomic E-state index is 11.4. The third-order valence-electron chi connectivity index (χ3n) is 3.61. The van der Waals surface area contributed by atoms with Gasteiger partial charge in [-0.25, -0.2) is 10.4 Å². The highest BCUT2D eigenvalue weighted by molar-refractivity contribution is 5.83. The zero-order valence-corrected chi connectivity index (χ0v) is 14.2. The van der Waals surface area contributed by atoms with E-state index in [1.807, 2.05) is 19.1 Å². The molecule has 7 heteroatoms. The first-order chi connectivity index (χ1) is 11.5. The molecule has 0 atom stereocenters. The van der Waals surface area contributed by atoms with Crippen LogP contribution < -0.4 is 15.9 Å². The fraction of sp³-hybridized carbons (Fsp3) is 0.353. The van der Waals surface area contributed by atoms with E-state index in [4.69, 9.17) is 5.11 Å². The van der Waals surface area contributed by atoms with Gasteiger partial charge in [-0.2, -0.15) is 5.10 Å². The number of H-pyrrole nitrogens is 1. The minimum absolute atomic E-state index is 0.127. The van der Waals surface area contributed by atoms with Crippen molar-refractivity contribution in [3.63, 3.8) is 0 Å². The number of aromatic nitrogens is 2. The molecule has 128 valence electrons. The quantitative estimate of drug-likeness (QED) is 0.530. The number of hydrogen-bond acceptors (Lipinski definition) is 6. The van der Waals surface area contributed by atoms with Gasteiger partial charge in [-0.05, 0) is 44.0 Å². The third kappa shape index (κ3) is 4.66. The summed E-state index contributed by atoms with van der Waals surface area (Å²) < 4.78 is 0. The molecule has 2 aromatic rings. The molecule has 0 aliphatic heterocycles. The zero-order valence-electron chi connectivity index (χ0n) is 14.2. The minimum Gasteiger partial charge on any atom is -0.395 e. The number of aromatic amines is 1. The largest absolute Gasteiger partial charge is 0.395 e. The molecule has 0 saturated carbocycles. The Morgan fingerprint density at radius 1 is 1.38 bits per heavy atom. The van der Waals surface area contributed by atoms with E-state index in [9.17, 15) is 4.79 Å². The fourth-order valence-corrected chi connectivity index (χ4v) is 2.39. The lowest BCUT2D eigenvalue weighted by Gasteiger charge is -2.22. The average Bonchev–Trinajstić information content (AvgIpc) is 2.53. The number of hydrazone groups is 1. The van der Waals surface area contributed by atoms with Gasteiger partial charge >= 0.3 is 0 Å². The number of hydrogen-bond donors (Lipinski definition) is 3. The van der Waals surface area contributed by atoms with Crippen molar-refractivity contribution in [1.29, 1.82) is 0 Å². The van der Waals surface area contributed by atoms with E-state index >= 15 is 0 Å². The van der Waals surface area contributed by atoms with Crippen LogP contribution in [-0.4, -0.2) is 41.0 Å². The van der Waals surface area contributed by atoms with Crippen molar-refractivity contribution < 1.29 is 5.11 Å². The predicted molar refractivity (Wildman–Crippen MR) is 97.0 cm³/mol. The van der Waals surface area contributed by atoms with Crippen LogP contribution in [0.1, 0.15) is 23.7 Å². The lowest BCUT2D eigenvalue weighted by molar-refractivity contribution is 0.302. The number of nitrogens with zero attached hydrogens (tertiary/aromatic N) is 3. The topological polar surface area (TPSA) is 93.6 Å². The molecule has 1 aromatic carbocycles. The molecule has 0 amide bonds. The molecule has 0 spiro atoms. The molecule has 0 aliphatic carbocycles. The molecule has 0 fully saturated rings. The summed E-state index contributed by atoms with van der Waals surface area (Å²) in [7, 11) is 0. The smallest absolute Gasteiger partial charge is 0.252 e. The molecule has 3 N–H and O–H groups in total. The van der Waals surface area contributed by atoms with Crippen LogP contribution in [0.25, 0.3) is 0 Å². The number of rotatable bonds is 7. The Morgan fingerprint density at radius 2 is 2.17 bits per heavy atom. The van der Waals surface area contributed by atoms with E-state index in [1.165, 1.54) is 6.07 Å². The van der Waals surface area contributed by atoms with Crippen LogP contribution in [0.2, 0.25) is 0 Å². The predicted octanol–water partition coefficient (Wildman–Crippen LogP) is 1.65. The number of aliphatic hydroxyl groups is 1. The second-order valence-electron chi connectivity index (χ2n) is 5.45. The molecule has 0 radical (unpaired) electrons. The first-order valence-corrected chi connectivity index (χ1v) is 7.87. The highest BCUT2D eigenvalue weighted by atomic mass is 16.3. The summed E-state index contributed by atoms with van der Waals surface area (Å²) in [4.78, 5) is 20.2. The summed E-state index contributed by atoms with van der Waals surface area (Å²) in [6, 6.07) is 7.46. The molecule has 1 aromatic heterocycles. The van der Waals surface area contributed by atoms with Crippen LogP contribution in [-0.2, 0) is 0 Å². The first-order valence-electron chi connectivity index (χ1n) is 7.87. The van der Waals surface area contributed by atoms with Crippen molar-refractivity contribution in [3.05, 3.63) is 51.4 Å². The van der Waals surface area contributed by atoms with Gasteiger partial charge in [-0.15, -0.1) is 0 Å². The lowest BCUT2D eigenvalue weighted by Crippen LogP contribution is -2.26. The van der Waals surface area contributed by atoms with Gasteiger partial charge in [0.2, 0.25) is 5.95 Å². The standard InChI is InChI=1S/C17H23N5O2/c1-4-22(7-8-23)15-6-5-14(12(2)9-15)11-18-21-17-19-13(3)10-16(24)20-17/h5-6,9-11,23H,4,7-8H2,1-3H3,(H2,19,20,21,24)/b18-11-.